The van der Waals surface area contributed by atoms with Crippen LogP contribution in [0.5, 0.6) is 5.75 Å². The van der Waals surface area contributed by atoms with E-state index in [2.05, 4.69) is 24.0 Å². The molecule has 0 amide bonds. The van der Waals surface area contributed by atoms with Gasteiger partial charge in [-0.05, 0) is 60.9 Å². The fraction of sp³-hybridized carbons (Fsp3) is 0.222. The first-order chi connectivity index (χ1) is 10.6. The van der Waals surface area contributed by atoms with Crippen molar-refractivity contribution in [1.29, 1.82) is 0 Å². The van der Waals surface area contributed by atoms with Crippen LogP contribution in [0.4, 0.5) is 5.69 Å². The topological polar surface area (TPSA) is 58.9 Å². The fourth-order valence-corrected chi connectivity index (χ4v) is 1.85. The monoisotopic (exact) mass is 297 g/mol. The maximum atomic E-state index is 10.7. The van der Waals surface area contributed by atoms with Gasteiger partial charge < -0.3 is 9.84 Å². The van der Waals surface area contributed by atoms with Crippen LogP contribution in [0.15, 0.2) is 53.5 Å². The normalized spacial score (nSPS) is 12.3. The minimum Gasteiger partial charge on any atom is -0.479 e. The van der Waals surface area contributed by atoms with E-state index in [4.69, 9.17) is 9.84 Å². The van der Waals surface area contributed by atoms with Crippen LogP contribution in [0.25, 0.3) is 0 Å². The van der Waals surface area contributed by atoms with Gasteiger partial charge in [0.15, 0.2) is 6.10 Å². The van der Waals surface area contributed by atoms with Crippen molar-refractivity contribution in [1.82, 2.24) is 0 Å². The lowest BCUT2D eigenvalue weighted by atomic mass is 10.1. The molecule has 0 saturated heterocycles. The van der Waals surface area contributed by atoms with Crippen LogP contribution < -0.4 is 4.74 Å². The first kappa shape index (κ1) is 15.8. The predicted octanol–water partition coefficient (Wildman–Crippen LogP) is 3.85. The van der Waals surface area contributed by atoms with E-state index in [1.54, 1.807) is 18.3 Å². The predicted molar refractivity (Wildman–Crippen MR) is 87.2 cm³/mol. The average molecular weight is 297 g/mol. The summed E-state index contributed by atoms with van der Waals surface area (Å²) >= 11 is 0. The Kier molecular flexibility index (Phi) is 5.31. The lowest BCUT2D eigenvalue weighted by Gasteiger charge is -2.09. The molecule has 0 radical (unpaired) electrons. The summed E-state index contributed by atoms with van der Waals surface area (Å²) in [4.78, 5) is 15.1. The smallest absolute Gasteiger partial charge is 0.344 e. The SMILES string of the molecule is CCc1ccc(N=Cc2ccc(O[C@H](C)C(=O)O)cc2)cc1. The lowest BCUT2D eigenvalue weighted by molar-refractivity contribution is -0.144. The van der Waals surface area contributed by atoms with E-state index in [-0.39, 0.29) is 0 Å². The Balaban J connectivity index is 2.00. The van der Waals surface area contributed by atoms with Crippen molar-refractivity contribution in [2.24, 2.45) is 4.99 Å². The maximum Gasteiger partial charge on any atom is 0.344 e. The van der Waals surface area contributed by atoms with Crippen molar-refractivity contribution in [2.75, 3.05) is 0 Å². The molecule has 4 nitrogen and oxygen atoms in total. The van der Waals surface area contributed by atoms with Gasteiger partial charge in [-0.2, -0.15) is 0 Å². The van der Waals surface area contributed by atoms with Crippen molar-refractivity contribution in [3.8, 4) is 5.75 Å². The summed E-state index contributed by atoms with van der Waals surface area (Å²) in [5.74, 6) is -0.458. The Morgan fingerprint density at radius 1 is 1.18 bits per heavy atom. The van der Waals surface area contributed by atoms with Gasteiger partial charge in [0.05, 0.1) is 5.69 Å². The highest BCUT2D eigenvalue weighted by atomic mass is 16.5. The van der Waals surface area contributed by atoms with Crippen LogP contribution in [-0.4, -0.2) is 23.4 Å². The molecule has 0 bridgehead atoms. The first-order valence-electron chi connectivity index (χ1n) is 7.21. The number of nitrogens with zero attached hydrogens (tertiary/aromatic N) is 1. The van der Waals surface area contributed by atoms with Crippen LogP contribution in [0.3, 0.4) is 0 Å². The molecule has 0 aliphatic carbocycles. The van der Waals surface area contributed by atoms with Crippen LogP contribution in [-0.2, 0) is 11.2 Å². The zero-order valence-corrected chi connectivity index (χ0v) is 12.7. The van der Waals surface area contributed by atoms with Gasteiger partial charge in [0.1, 0.15) is 5.75 Å². The molecule has 4 heteroatoms. The van der Waals surface area contributed by atoms with E-state index in [0.717, 1.165) is 17.7 Å². The number of ether oxygens (including phenoxy) is 1. The summed E-state index contributed by atoms with van der Waals surface area (Å²) in [5.41, 5.74) is 3.11. The summed E-state index contributed by atoms with van der Waals surface area (Å²) in [6, 6.07) is 15.3. The number of benzene rings is 2. The summed E-state index contributed by atoms with van der Waals surface area (Å²) < 4.78 is 5.28. The van der Waals surface area contributed by atoms with Crippen molar-refractivity contribution in [3.63, 3.8) is 0 Å². The van der Waals surface area contributed by atoms with Gasteiger partial charge in [0.25, 0.3) is 0 Å². The van der Waals surface area contributed by atoms with Gasteiger partial charge in [0.2, 0.25) is 0 Å². The molecule has 114 valence electrons. The van der Waals surface area contributed by atoms with E-state index in [1.807, 2.05) is 24.3 Å². The first-order valence-corrected chi connectivity index (χ1v) is 7.21. The standard InChI is InChI=1S/C18H19NO3/c1-3-14-4-8-16(9-5-14)19-12-15-6-10-17(11-7-15)22-13(2)18(20)21/h4-13H,3H2,1-2H3,(H,20,21)/t13-/m1/s1. The van der Waals surface area contributed by atoms with Crippen molar-refractivity contribution >= 4 is 17.9 Å². The molecular formula is C18H19NO3. The second kappa shape index (κ2) is 7.41. The Bertz CT molecular complexity index is 645. The highest BCUT2D eigenvalue weighted by Gasteiger charge is 2.11. The maximum absolute atomic E-state index is 10.7. The molecule has 0 saturated carbocycles. The number of rotatable bonds is 6. The van der Waals surface area contributed by atoms with E-state index in [1.165, 1.54) is 12.5 Å². The molecule has 1 atom stereocenters. The summed E-state index contributed by atoms with van der Waals surface area (Å²) in [6.07, 6.45) is 1.92. The number of aliphatic imine (C=N–C) groups is 1. The highest BCUT2D eigenvalue weighted by molar-refractivity contribution is 5.82. The average Bonchev–Trinajstić information content (AvgIpc) is 2.54. The number of carboxylic acid groups (broad SMARTS) is 1. The Hall–Kier alpha value is -2.62. The zero-order valence-electron chi connectivity index (χ0n) is 12.7. The largest absolute Gasteiger partial charge is 0.479 e. The molecular weight excluding hydrogens is 278 g/mol. The summed E-state index contributed by atoms with van der Waals surface area (Å²) in [6.45, 7) is 3.62. The van der Waals surface area contributed by atoms with Crippen molar-refractivity contribution in [3.05, 3.63) is 59.7 Å². The van der Waals surface area contributed by atoms with Gasteiger partial charge in [-0.25, -0.2) is 4.79 Å². The molecule has 0 spiro atoms. The van der Waals surface area contributed by atoms with Gasteiger partial charge in [-0.15, -0.1) is 0 Å². The third-order valence-electron chi connectivity index (χ3n) is 3.25. The van der Waals surface area contributed by atoms with Gasteiger partial charge in [-0.3, -0.25) is 4.99 Å². The van der Waals surface area contributed by atoms with Crippen LogP contribution >= 0.6 is 0 Å². The summed E-state index contributed by atoms with van der Waals surface area (Å²) in [7, 11) is 0. The molecule has 0 aromatic heterocycles. The zero-order chi connectivity index (χ0) is 15.9. The minimum absolute atomic E-state index is 0.527. The lowest BCUT2D eigenvalue weighted by Crippen LogP contribution is -2.22. The van der Waals surface area contributed by atoms with Gasteiger partial charge >= 0.3 is 5.97 Å². The Morgan fingerprint density at radius 3 is 2.36 bits per heavy atom. The summed E-state index contributed by atoms with van der Waals surface area (Å²) in [5, 5.41) is 8.80. The van der Waals surface area contributed by atoms with Crippen molar-refractivity contribution < 1.29 is 14.6 Å². The van der Waals surface area contributed by atoms with Crippen LogP contribution in [0.1, 0.15) is 25.0 Å². The number of carbonyl (C=O) groups is 1. The Morgan fingerprint density at radius 2 is 1.82 bits per heavy atom. The molecule has 22 heavy (non-hydrogen) atoms. The van der Waals surface area contributed by atoms with E-state index in [0.29, 0.717) is 5.75 Å². The molecule has 0 aliphatic rings. The van der Waals surface area contributed by atoms with Crippen LogP contribution in [0, 0.1) is 0 Å². The second-order valence-electron chi connectivity index (χ2n) is 4.95. The van der Waals surface area contributed by atoms with Crippen molar-refractivity contribution in [2.45, 2.75) is 26.4 Å². The Labute approximate surface area is 130 Å². The fourth-order valence-electron chi connectivity index (χ4n) is 1.85. The molecule has 2 rings (SSSR count). The molecule has 0 heterocycles. The quantitative estimate of drug-likeness (QED) is 0.824. The molecule has 0 unspecified atom stereocenters. The van der Waals surface area contributed by atoms with E-state index in [9.17, 15) is 4.79 Å². The van der Waals surface area contributed by atoms with Crippen LogP contribution in [0.2, 0.25) is 0 Å². The molecule has 2 aromatic carbocycles. The second-order valence-corrected chi connectivity index (χ2v) is 4.95. The molecule has 2 aromatic rings. The third kappa shape index (κ3) is 4.45. The van der Waals surface area contributed by atoms with Gasteiger partial charge in [-0.1, -0.05) is 19.1 Å². The number of carboxylic acids is 1. The van der Waals surface area contributed by atoms with E-state index >= 15 is 0 Å². The molecule has 0 fully saturated rings. The highest BCUT2D eigenvalue weighted by Crippen LogP contribution is 2.16. The molecule has 0 aliphatic heterocycles. The number of hydrogen-bond donors (Lipinski definition) is 1. The number of aliphatic carboxylic acids is 1. The third-order valence-corrected chi connectivity index (χ3v) is 3.25. The van der Waals surface area contributed by atoms with E-state index < -0.39 is 12.1 Å². The minimum atomic E-state index is -0.985. The number of hydrogen-bond acceptors (Lipinski definition) is 3. The number of aryl methyl sites for hydroxylation is 1. The van der Waals surface area contributed by atoms with Gasteiger partial charge in [0, 0.05) is 6.21 Å². The molecule has 1 N–H and O–H groups in total.